The van der Waals surface area contributed by atoms with Crippen LogP contribution in [-0.2, 0) is 4.79 Å². The highest BCUT2D eigenvalue weighted by Crippen LogP contribution is 2.14. The number of hydrogen-bond acceptors (Lipinski definition) is 3. The molecule has 1 aliphatic heterocycles. The maximum absolute atomic E-state index is 11.7. The maximum atomic E-state index is 11.7. The van der Waals surface area contributed by atoms with Gasteiger partial charge in [-0.2, -0.15) is 0 Å². The second-order valence-corrected chi connectivity index (χ2v) is 5.15. The lowest BCUT2D eigenvalue weighted by Gasteiger charge is -2.28. The minimum Gasteiger partial charge on any atom is -0.484 e. The molecule has 1 fully saturated rings. The number of likely N-dealkylation sites (tertiary alicyclic amines) is 1. The van der Waals surface area contributed by atoms with Crippen LogP contribution in [0.15, 0.2) is 30.3 Å². The van der Waals surface area contributed by atoms with E-state index in [0.29, 0.717) is 5.92 Å². The smallest absolute Gasteiger partial charge is 0.257 e. The standard InChI is InChI=1S/C15H22N2O2/c1-17-9-7-13(8-10-17)11-16-15(18)12-19-14-5-3-2-4-6-14/h2-6,13H,7-12H2,1H3,(H,16,18). The van der Waals surface area contributed by atoms with Gasteiger partial charge in [0.05, 0.1) is 0 Å². The zero-order valence-electron chi connectivity index (χ0n) is 11.5. The molecule has 0 radical (unpaired) electrons. The van der Waals surface area contributed by atoms with E-state index in [1.165, 1.54) is 0 Å². The van der Waals surface area contributed by atoms with Gasteiger partial charge in [0, 0.05) is 6.54 Å². The first-order valence-electron chi connectivity index (χ1n) is 6.87. The Balaban J connectivity index is 1.62. The predicted molar refractivity (Wildman–Crippen MR) is 75.2 cm³/mol. The van der Waals surface area contributed by atoms with Gasteiger partial charge in [-0.05, 0) is 51.0 Å². The Morgan fingerprint density at radius 1 is 1.32 bits per heavy atom. The van der Waals surface area contributed by atoms with E-state index < -0.39 is 0 Å². The highest BCUT2D eigenvalue weighted by atomic mass is 16.5. The zero-order valence-corrected chi connectivity index (χ0v) is 11.5. The van der Waals surface area contributed by atoms with E-state index in [-0.39, 0.29) is 12.5 Å². The molecule has 1 aromatic carbocycles. The average molecular weight is 262 g/mol. The van der Waals surface area contributed by atoms with Crippen LogP contribution in [0.5, 0.6) is 5.75 Å². The van der Waals surface area contributed by atoms with Crippen molar-refractivity contribution in [3.05, 3.63) is 30.3 Å². The van der Waals surface area contributed by atoms with Crippen LogP contribution in [0.4, 0.5) is 0 Å². The second kappa shape index (κ2) is 7.14. The van der Waals surface area contributed by atoms with Crippen LogP contribution in [0, 0.1) is 5.92 Å². The maximum Gasteiger partial charge on any atom is 0.257 e. The highest BCUT2D eigenvalue weighted by Gasteiger charge is 2.17. The Kier molecular flexibility index (Phi) is 5.21. The molecular formula is C15H22N2O2. The van der Waals surface area contributed by atoms with Gasteiger partial charge in [0.2, 0.25) is 0 Å². The van der Waals surface area contributed by atoms with Gasteiger partial charge in [0.1, 0.15) is 5.75 Å². The quantitative estimate of drug-likeness (QED) is 0.875. The van der Waals surface area contributed by atoms with Crippen molar-refractivity contribution in [2.24, 2.45) is 5.92 Å². The first-order chi connectivity index (χ1) is 9.24. The lowest BCUT2D eigenvalue weighted by molar-refractivity contribution is -0.123. The van der Waals surface area contributed by atoms with Crippen molar-refractivity contribution >= 4 is 5.91 Å². The number of nitrogens with zero attached hydrogens (tertiary/aromatic N) is 1. The van der Waals surface area contributed by atoms with E-state index in [2.05, 4.69) is 17.3 Å². The number of piperidine rings is 1. The molecular weight excluding hydrogens is 240 g/mol. The summed E-state index contributed by atoms with van der Waals surface area (Å²) in [5, 5.41) is 2.95. The SMILES string of the molecule is CN1CCC(CNC(=O)COc2ccccc2)CC1. The molecule has 4 nitrogen and oxygen atoms in total. The molecule has 0 aliphatic carbocycles. The Labute approximate surface area is 114 Å². The van der Waals surface area contributed by atoms with Crippen LogP contribution in [0.2, 0.25) is 0 Å². The van der Waals surface area contributed by atoms with Crippen molar-refractivity contribution in [2.75, 3.05) is 33.3 Å². The third kappa shape index (κ3) is 4.91. The number of carbonyl (C=O) groups is 1. The summed E-state index contributed by atoms with van der Waals surface area (Å²) in [5.41, 5.74) is 0. The van der Waals surface area contributed by atoms with Crippen molar-refractivity contribution in [1.29, 1.82) is 0 Å². The molecule has 1 aromatic rings. The van der Waals surface area contributed by atoms with Gasteiger partial charge >= 0.3 is 0 Å². The fourth-order valence-electron chi connectivity index (χ4n) is 2.24. The van der Waals surface area contributed by atoms with Crippen molar-refractivity contribution in [1.82, 2.24) is 10.2 Å². The summed E-state index contributed by atoms with van der Waals surface area (Å²) in [7, 11) is 2.14. The summed E-state index contributed by atoms with van der Waals surface area (Å²) in [6, 6.07) is 9.42. The third-order valence-electron chi connectivity index (χ3n) is 3.54. The average Bonchev–Trinajstić information content (AvgIpc) is 2.45. The Morgan fingerprint density at radius 2 is 2.00 bits per heavy atom. The fraction of sp³-hybridized carbons (Fsp3) is 0.533. The molecule has 1 N–H and O–H groups in total. The molecule has 0 bridgehead atoms. The summed E-state index contributed by atoms with van der Waals surface area (Å²) >= 11 is 0. The Bertz CT molecular complexity index is 386. The summed E-state index contributed by atoms with van der Waals surface area (Å²) in [6.45, 7) is 3.11. The van der Waals surface area contributed by atoms with Crippen LogP contribution < -0.4 is 10.1 Å². The van der Waals surface area contributed by atoms with Crippen LogP contribution in [0.25, 0.3) is 0 Å². The number of rotatable bonds is 5. The topological polar surface area (TPSA) is 41.6 Å². The number of ether oxygens (including phenoxy) is 1. The molecule has 2 rings (SSSR count). The highest BCUT2D eigenvalue weighted by molar-refractivity contribution is 5.77. The largest absolute Gasteiger partial charge is 0.484 e. The lowest BCUT2D eigenvalue weighted by Crippen LogP contribution is -2.38. The first kappa shape index (κ1) is 13.9. The van der Waals surface area contributed by atoms with E-state index in [1.807, 2.05) is 30.3 Å². The van der Waals surface area contributed by atoms with Crippen LogP contribution in [-0.4, -0.2) is 44.1 Å². The number of amides is 1. The number of carbonyl (C=O) groups excluding carboxylic acids is 1. The summed E-state index contributed by atoms with van der Waals surface area (Å²) in [5.74, 6) is 1.30. The molecule has 1 amide bonds. The second-order valence-electron chi connectivity index (χ2n) is 5.15. The predicted octanol–water partition coefficient (Wildman–Crippen LogP) is 1.52. The molecule has 1 aliphatic rings. The van der Waals surface area contributed by atoms with Gasteiger partial charge in [0.15, 0.2) is 6.61 Å². The van der Waals surface area contributed by atoms with Gasteiger partial charge in [-0.15, -0.1) is 0 Å². The van der Waals surface area contributed by atoms with Gasteiger partial charge in [-0.25, -0.2) is 0 Å². The molecule has 0 atom stereocenters. The molecule has 19 heavy (non-hydrogen) atoms. The third-order valence-corrected chi connectivity index (χ3v) is 3.54. The van der Waals surface area contributed by atoms with Gasteiger partial charge in [-0.1, -0.05) is 18.2 Å². The van der Waals surface area contributed by atoms with Crippen LogP contribution >= 0.6 is 0 Å². The minimum atomic E-state index is -0.0391. The summed E-state index contributed by atoms with van der Waals surface area (Å²) in [4.78, 5) is 14.0. The number of hydrogen-bond donors (Lipinski definition) is 1. The molecule has 1 heterocycles. The van der Waals surface area contributed by atoms with E-state index in [1.54, 1.807) is 0 Å². The molecule has 0 spiro atoms. The molecule has 0 aromatic heterocycles. The van der Waals surface area contributed by atoms with E-state index in [4.69, 9.17) is 4.74 Å². The molecule has 0 unspecified atom stereocenters. The minimum absolute atomic E-state index is 0.0391. The molecule has 0 saturated carbocycles. The van der Waals surface area contributed by atoms with Crippen molar-refractivity contribution in [3.63, 3.8) is 0 Å². The van der Waals surface area contributed by atoms with Crippen molar-refractivity contribution in [3.8, 4) is 5.75 Å². The molecule has 104 valence electrons. The Hall–Kier alpha value is -1.55. The molecule has 4 heteroatoms. The normalized spacial score (nSPS) is 17.1. The van der Waals surface area contributed by atoms with Crippen molar-refractivity contribution in [2.45, 2.75) is 12.8 Å². The molecule has 1 saturated heterocycles. The zero-order chi connectivity index (χ0) is 13.5. The monoisotopic (exact) mass is 262 g/mol. The van der Waals surface area contributed by atoms with Crippen LogP contribution in [0.3, 0.4) is 0 Å². The van der Waals surface area contributed by atoms with Crippen molar-refractivity contribution < 1.29 is 9.53 Å². The number of benzene rings is 1. The summed E-state index contributed by atoms with van der Waals surface area (Å²) in [6.07, 6.45) is 2.33. The number of nitrogens with one attached hydrogen (secondary N) is 1. The van der Waals surface area contributed by atoms with E-state index >= 15 is 0 Å². The Morgan fingerprint density at radius 3 is 2.68 bits per heavy atom. The lowest BCUT2D eigenvalue weighted by atomic mass is 9.97. The van der Waals surface area contributed by atoms with Gasteiger partial charge in [0.25, 0.3) is 5.91 Å². The van der Waals surface area contributed by atoms with E-state index in [0.717, 1.165) is 38.2 Å². The summed E-state index contributed by atoms with van der Waals surface area (Å²) < 4.78 is 5.40. The van der Waals surface area contributed by atoms with Gasteiger partial charge < -0.3 is 15.0 Å². The van der Waals surface area contributed by atoms with E-state index in [9.17, 15) is 4.79 Å². The van der Waals surface area contributed by atoms with Gasteiger partial charge in [-0.3, -0.25) is 4.79 Å². The first-order valence-corrected chi connectivity index (χ1v) is 6.87. The van der Waals surface area contributed by atoms with Crippen LogP contribution in [0.1, 0.15) is 12.8 Å². The number of para-hydroxylation sites is 1. The fourth-order valence-corrected chi connectivity index (χ4v) is 2.24.